The lowest BCUT2D eigenvalue weighted by atomic mass is 9.89. The first-order valence-electron chi connectivity index (χ1n) is 8.01. The molecule has 0 unspecified atom stereocenters. The third kappa shape index (κ3) is 4.48. The van der Waals surface area contributed by atoms with E-state index in [0.717, 1.165) is 25.0 Å². The van der Waals surface area contributed by atoms with Crippen LogP contribution in [-0.2, 0) is 14.3 Å². The number of nitrogens with one attached hydrogen (secondary N) is 1. The molecular formula is C17H23NO3S. The Morgan fingerprint density at radius 1 is 1.14 bits per heavy atom. The van der Waals surface area contributed by atoms with Gasteiger partial charge in [-0.05, 0) is 31.4 Å². The molecule has 0 spiro atoms. The molecule has 120 valence electrons. The van der Waals surface area contributed by atoms with Gasteiger partial charge in [0.2, 0.25) is 5.91 Å². The zero-order chi connectivity index (χ0) is 15.2. The van der Waals surface area contributed by atoms with Gasteiger partial charge in [0.25, 0.3) is 0 Å². The molecule has 4 nitrogen and oxygen atoms in total. The van der Waals surface area contributed by atoms with Crippen LogP contribution in [-0.4, -0.2) is 43.1 Å². The number of hydrogen-bond donors (Lipinski definition) is 1. The molecule has 2 aliphatic rings. The van der Waals surface area contributed by atoms with Crippen LogP contribution in [0.4, 0.5) is 0 Å². The first kappa shape index (κ1) is 15.8. The lowest BCUT2D eigenvalue weighted by molar-refractivity contribution is -0.158. The van der Waals surface area contributed by atoms with Crippen LogP contribution in [0.5, 0.6) is 0 Å². The van der Waals surface area contributed by atoms with E-state index >= 15 is 0 Å². The van der Waals surface area contributed by atoms with E-state index in [2.05, 4.69) is 17.4 Å². The summed E-state index contributed by atoms with van der Waals surface area (Å²) >= 11 is 1.72. The Morgan fingerprint density at radius 2 is 1.91 bits per heavy atom. The van der Waals surface area contributed by atoms with Crippen molar-refractivity contribution in [1.82, 2.24) is 5.32 Å². The van der Waals surface area contributed by atoms with Gasteiger partial charge in [0.05, 0.1) is 25.4 Å². The molecule has 1 amide bonds. The molecule has 1 saturated heterocycles. The van der Waals surface area contributed by atoms with Crippen LogP contribution in [0, 0.1) is 0 Å². The number of carbonyl (C=O) groups excluding carboxylic acids is 1. The number of fused-ring (bicyclic) bond motifs is 1. The van der Waals surface area contributed by atoms with Gasteiger partial charge in [-0.2, -0.15) is 0 Å². The normalized spacial score (nSPS) is 27.9. The minimum absolute atomic E-state index is 0.142. The van der Waals surface area contributed by atoms with Crippen molar-refractivity contribution in [3.8, 4) is 0 Å². The van der Waals surface area contributed by atoms with Gasteiger partial charge in [-0.25, -0.2) is 0 Å². The maximum Gasteiger partial charge on any atom is 0.221 e. The number of rotatable bonds is 5. The highest BCUT2D eigenvalue weighted by Crippen LogP contribution is 2.27. The zero-order valence-corrected chi connectivity index (χ0v) is 13.5. The Morgan fingerprint density at radius 3 is 2.73 bits per heavy atom. The zero-order valence-electron chi connectivity index (χ0n) is 12.7. The fraction of sp³-hybridized carbons (Fsp3) is 0.588. The predicted octanol–water partition coefficient (Wildman–Crippen LogP) is 2.62. The molecule has 1 heterocycles. The molecule has 0 aromatic heterocycles. The summed E-state index contributed by atoms with van der Waals surface area (Å²) in [5.41, 5.74) is 0. The monoisotopic (exact) mass is 321 g/mol. The summed E-state index contributed by atoms with van der Waals surface area (Å²) in [6.07, 6.45) is 3.79. The highest BCUT2D eigenvalue weighted by atomic mass is 32.2. The number of amides is 1. The van der Waals surface area contributed by atoms with Crippen molar-refractivity contribution in [2.24, 2.45) is 0 Å². The van der Waals surface area contributed by atoms with E-state index in [4.69, 9.17) is 9.47 Å². The van der Waals surface area contributed by atoms with Crippen LogP contribution in [0.25, 0.3) is 0 Å². The highest BCUT2D eigenvalue weighted by molar-refractivity contribution is 7.99. The summed E-state index contributed by atoms with van der Waals surface area (Å²) in [7, 11) is 0. The Kier molecular flexibility index (Phi) is 5.76. The molecule has 1 N–H and O–H groups in total. The topological polar surface area (TPSA) is 47.6 Å². The summed E-state index contributed by atoms with van der Waals surface area (Å²) in [5, 5.41) is 3.15. The molecule has 5 heteroatoms. The number of ether oxygens (including phenoxy) is 2. The van der Waals surface area contributed by atoms with Crippen LogP contribution in [0.15, 0.2) is 35.2 Å². The summed E-state index contributed by atoms with van der Waals surface area (Å²) in [4.78, 5) is 13.3. The van der Waals surface area contributed by atoms with Gasteiger partial charge in [-0.15, -0.1) is 11.8 Å². The summed E-state index contributed by atoms with van der Waals surface area (Å²) < 4.78 is 11.5. The molecule has 2 fully saturated rings. The summed E-state index contributed by atoms with van der Waals surface area (Å²) in [6.45, 7) is 1.38. The number of thioether (sulfide) groups is 1. The molecule has 1 saturated carbocycles. The molecule has 1 aliphatic heterocycles. The van der Waals surface area contributed by atoms with E-state index in [1.54, 1.807) is 11.8 Å². The standard InChI is InChI=1S/C17H23NO3S/c19-17(8-11-22-14-4-2-1-3-5-14)18-13-6-7-15-16(12-13)21-10-9-20-15/h1-5,13,15-16H,6-12H2,(H,18,19)/t13-,15-,16+/m1/s1. The van der Waals surface area contributed by atoms with Gasteiger partial charge in [-0.1, -0.05) is 18.2 Å². The smallest absolute Gasteiger partial charge is 0.221 e. The molecule has 1 aromatic rings. The quantitative estimate of drug-likeness (QED) is 0.847. The van der Waals surface area contributed by atoms with Crippen molar-refractivity contribution in [1.29, 1.82) is 0 Å². The molecule has 3 rings (SSSR count). The van der Waals surface area contributed by atoms with E-state index in [1.807, 2.05) is 18.2 Å². The maximum absolute atomic E-state index is 12.1. The van der Waals surface area contributed by atoms with Crippen LogP contribution in [0.3, 0.4) is 0 Å². The van der Waals surface area contributed by atoms with Crippen LogP contribution < -0.4 is 5.32 Å². The number of benzene rings is 1. The Balaban J connectivity index is 1.37. The van der Waals surface area contributed by atoms with Gasteiger partial charge >= 0.3 is 0 Å². The first-order valence-corrected chi connectivity index (χ1v) is 9.00. The fourth-order valence-electron chi connectivity index (χ4n) is 3.08. The summed E-state index contributed by atoms with van der Waals surface area (Å²) in [5.74, 6) is 0.956. The third-order valence-electron chi connectivity index (χ3n) is 4.18. The average molecular weight is 321 g/mol. The van der Waals surface area contributed by atoms with Crippen LogP contribution in [0.1, 0.15) is 25.7 Å². The van der Waals surface area contributed by atoms with Crippen LogP contribution >= 0.6 is 11.8 Å². The van der Waals surface area contributed by atoms with Gasteiger partial charge in [0.15, 0.2) is 0 Å². The van der Waals surface area contributed by atoms with E-state index in [0.29, 0.717) is 19.6 Å². The second-order valence-corrected chi connectivity index (χ2v) is 6.98. The fourth-order valence-corrected chi connectivity index (χ4v) is 3.95. The van der Waals surface area contributed by atoms with Gasteiger partial charge in [0, 0.05) is 23.1 Å². The Bertz CT molecular complexity index is 482. The van der Waals surface area contributed by atoms with E-state index in [9.17, 15) is 4.79 Å². The lowest BCUT2D eigenvalue weighted by Crippen LogP contribution is -2.49. The SMILES string of the molecule is O=C(CCSc1ccccc1)N[C@@H]1CC[C@H]2OCCO[C@H]2C1. The van der Waals surface area contributed by atoms with Crippen molar-refractivity contribution in [3.05, 3.63) is 30.3 Å². The first-order chi connectivity index (χ1) is 10.8. The largest absolute Gasteiger partial charge is 0.373 e. The van der Waals surface area contributed by atoms with Gasteiger partial charge in [0.1, 0.15) is 0 Å². The molecule has 3 atom stereocenters. The minimum atomic E-state index is 0.142. The van der Waals surface area contributed by atoms with Crippen molar-refractivity contribution in [2.75, 3.05) is 19.0 Å². The summed E-state index contributed by atoms with van der Waals surface area (Å²) in [6, 6.07) is 10.4. The second kappa shape index (κ2) is 7.99. The van der Waals surface area contributed by atoms with Crippen molar-refractivity contribution >= 4 is 17.7 Å². The second-order valence-electron chi connectivity index (χ2n) is 5.81. The average Bonchev–Trinajstić information content (AvgIpc) is 2.56. The Hall–Kier alpha value is -1.04. The molecule has 22 heavy (non-hydrogen) atoms. The number of hydrogen-bond acceptors (Lipinski definition) is 4. The van der Waals surface area contributed by atoms with Gasteiger partial charge < -0.3 is 14.8 Å². The lowest BCUT2D eigenvalue weighted by Gasteiger charge is -2.39. The third-order valence-corrected chi connectivity index (χ3v) is 5.20. The van der Waals surface area contributed by atoms with Crippen molar-refractivity contribution < 1.29 is 14.3 Å². The van der Waals surface area contributed by atoms with Crippen LogP contribution in [0.2, 0.25) is 0 Å². The predicted molar refractivity (Wildman–Crippen MR) is 87.0 cm³/mol. The minimum Gasteiger partial charge on any atom is -0.373 e. The van der Waals surface area contributed by atoms with E-state index < -0.39 is 0 Å². The van der Waals surface area contributed by atoms with E-state index in [-0.39, 0.29) is 24.2 Å². The van der Waals surface area contributed by atoms with Gasteiger partial charge in [-0.3, -0.25) is 4.79 Å². The maximum atomic E-state index is 12.1. The highest BCUT2D eigenvalue weighted by Gasteiger charge is 2.34. The van der Waals surface area contributed by atoms with Crippen molar-refractivity contribution in [3.63, 3.8) is 0 Å². The number of carbonyl (C=O) groups is 1. The molecular weight excluding hydrogens is 298 g/mol. The molecule has 1 aliphatic carbocycles. The molecule has 0 bridgehead atoms. The Labute approximate surface area is 135 Å². The van der Waals surface area contributed by atoms with E-state index in [1.165, 1.54) is 4.90 Å². The molecule has 1 aromatic carbocycles. The molecule has 0 radical (unpaired) electrons. The van der Waals surface area contributed by atoms with Crippen molar-refractivity contribution in [2.45, 2.75) is 48.8 Å².